The number of ether oxygens (including phenoxy) is 1. The summed E-state index contributed by atoms with van der Waals surface area (Å²) in [4.78, 5) is 39.0. The lowest BCUT2D eigenvalue weighted by molar-refractivity contribution is -0.0520. The van der Waals surface area contributed by atoms with Crippen LogP contribution in [0.15, 0.2) is 12.3 Å². The number of aromatic nitrogens is 2. The van der Waals surface area contributed by atoms with E-state index in [9.17, 15) is 28.1 Å². The van der Waals surface area contributed by atoms with E-state index in [-0.39, 0.29) is 10.6 Å². The Hall–Kier alpha value is -0.640. The van der Waals surface area contributed by atoms with Crippen LogP contribution in [0.2, 0.25) is 0 Å². The highest BCUT2D eigenvalue weighted by atomic mass is 32.1. The van der Waals surface area contributed by atoms with Crippen molar-refractivity contribution < 1.29 is 60.6 Å². The molecule has 0 aromatic carbocycles. The third-order valence-corrected chi connectivity index (χ3v) is 7.34. The maximum absolute atomic E-state index is 14.3. The lowest BCUT2D eigenvalue weighted by Crippen LogP contribution is -2.30. The molecule has 2 rings (SSSR count). The summed E-state index contributed by atoms with van der Waals surface area (Å²) in [5.41, 5.74) is 5.44. The van der Waals surface area contributed by atoms with Crippen LogP contribution in [-0.4, -0.2) is 59.2 Å². The Labute approximate surface area is 166 Å². The Morgan fingerprint density at radius 3 is 2.41 bits per heavy atom. The molecule has 1 saturated heterocycles. The Morgan fingerprint density at radius 1 is 1.24 bits per heavy atom. The summed E-state index contributed by atoms with van der Waals surface area (Å²) in [6.45, 7) is -1.08. The summed E-state index contributed by atoms with van der Waals surface area (Å²) in [7, 11) is -16.7. The Kier molecular flexibility index (Phi) is 7.51. The van der Waals surface area contributed by atoms with Crippen LogP contribution in [0.4, 0.5) is 10.2 Å². The molecular formula is C9H15FN3O12P3S. The minimum atomic E-state index is -5.72. The fraction of sp³-hybridized carbons (Fsp3) is 0.556. The molecule has 0 spiro atoms. The van der Waals surface area contributed by atoms with Crippen LogP contribution in [0.25, 0.3) is 0 Å². The normalized spacial score (nSPS) is 29.3. The largest absolute Gasteiger partial charge is 0.490 e. The average molecular weight is 501 g/mol. The van der Waals surface area contributed by atoms with Gasteiger partial charge in [-0.2, -0.15) is 8.62 Å². The molecule has 29 heavy (non-hydrogen) atoms. The molecule has 2 heterocycles. The number of nitrogens with zero attached hydrogens (tertiary/aromatic N) is 2. The van der Waals surface area contributed by atoms with Crippen LogP contribution < -0.4 is 5.73 Å². The van der Waals surface area contributed by atoms with Crippen molar-refractivity contribution >= 4 is 41.5 Å². The third kappa shape index (κ3) is 6.94. The van der Waals surface area contributed by atoms with Crippen LogP contribution in [-0.2, 0) is 31.6 Å². The first kappa shape index (κ1) is 24.6. The maximum atomic E-state index is 14.3. The molecule has 7 N–H and O–H groups in total. The molecule has 0 saturated carbocycles. The quantitative estimate of drug-likeness (QED) is 0.205. The molecule has 6 atom stereocenters. The van der Waals surface area contributed by atoms with Gasteiger partial charge in [0.1, 0.15) is 18.0 Å². The molecule has 0 amide bonds. The lowest BCUT2D eigenvalue weighted by Gasteiger charge is -2.19. The number of anilines is 1. The molecule has 1 aliphatic rings. The minimum Gasteiger partial charge on any atom is -0.385 e. The van der Waals surface area contributed by atoms with Gasteiger partial charge in [-0.1, -0.05) is 0 Å². The van der Waals surface area contributed by atoms with Gasteiger partial charge in [0.15, 0.2) is 12.4 Å². The van der Waals surface area contributed by atoms with Gasteiger partial charge in [-0.3, -0.25) is 9.09 Å². The van der Waals surface area contributed by atoms with Crippen molar-refractivity contribution in [3.05, 3.63) is 17.0 Å². The van der Waals surface area contributed by atoms with E-state index in [1.165, 1.54) is 12.3 Å². The molecule has 1 aromatic rings. The van der Waals surface area contributed by atoms with Crippen LogP contribution >= 0.6 is 35.7 Å². The Bertz CT molecular complexity index is 956. The van der Waals surface area contributed by atoms with Crippen LogP contribution in [0, 0.1) is 4.77 Å². The Morgan fingerprint density at radius 2 is 1.86 bits per heavy atom. The second kappa shape index (κ2) is 8.85. The monoisotopic (exact) mass is 501 g/mol. The van der Waals surface area contributed by atoms with Gasteiger partial charge < -0.3 is 35.2 Å². The molecule has 20 heteroatoms. The summed E-state index contributed by atoms with van der Waals surface area (Å²) in [5, 5.41) is 9.98. The van der Waals surface area contributed by atoms with Crippen LogP contribution in [0.5, 0.6) is 0 Å². The predicted octanol–water partition coefficient (Wildman–Crippen LogP) is 0.134. The van der Waals surface area contributed by atoms with E-state index in [0.29, 0.717) is 0 Å². The smallest absolute Gasteiger partial charge is 0.385 e. The van der Waals surface area contributed by atoms with E-state index >= 15 is 0 Å². The molecule has 0 aliphatic carbocycles. The van der Waals surface area contributed by atoms with E-state index in [2.05, 4.69) is 18.1 Å². The zero-order valence-electron chi connectivity index (χ0n) is 13.9. The maximum Gasteiger partial charge on any atom is 0.490 e. The van der Waals surface area contributed by atoms with Crippen molar-refractivity contribution in [3.8, 4) is 0 Å². The number of nitrogens with two attached hydrogens (primary N) is 1. The van der Waals surface area contributed by atoms with Gasteiger partial charge in [0.2, 0.25) is 4.77 Å². The first-order chi connectivity index (χ1) is 13.1. The van der Waals surface area contributed by atoms with Gasteiger partial charge >= 0.3 is 23.5 Å². The molecule has 1 aliphatic heterocycles. The number of phosphoric acid groups is 3. The number of aliphatic hydroxyl groups is 1. The van der Waals surface area contributed by atoms with E-state index < -0.39 is 54.7 Å². The first-order valence-corrected chi connectivity index (χ1v) is 12.1. The van der Waals surface area contributed by atoms with Crippen molar-refractivity contribution in [1.29, 1.82) is 0 Å². The van der Waals surface area contributed by atoms with Gasteiger partial charge in [0, 0.05) is 6.20 Å². The summed E-state index contributed by atoms with van der Waals surface area (Å²) in [6, 6.07) is 1.29. The van der Waals surface area contributed by atoms with E-state index in [1.807, 2.05) is 0 Å². The average Bonchev–Trinajstić information content (AvgIpc) is 2.78. The van der Waals surface area contributed by atoms with E-state index in [0.717, 1.165) is 4.57 Å². The summed E-state index contributed by atoms with van der Waals surface area (Å²) in [5.74, 6) is 0.0553. The van der Waals surface area contributed by atoms with Crippen molar-refractivity contribution in [3.63, 3.8) is 0 Å². The minimum absolute atomic E-state index is 0.0553. The van der Waals surface area contributed by atoms with Crippen LogP contribution in [0.3, 0.4) is 0 Å². The van der Waals surface area contributed by atoms with Gasteiger partial charge in [-0.25, -0.2) is 23.1 Å². The number of aliphatic hydroxyl groups excluding tert-OH is 1. The SMILES string of the molecule is Nc1ccn([C@@H]2O[C@H](COP(=O)(O)OP(=O)(O)OP(=O)(O)O)[C@H](F)C2O)c(=S)n1. The second-order valence-electron chi connectivity index (χ2n) is 5.43. The van der Waals surface area contributed by atoms with Gasteiger partial charge in [-0.05, 0) is 18.3 Å². The summed E-state index contributed by atoms with van der Waals surface area (Å²) < 4.78 is 65.1. The topological polar surface area (TPSA) is 233 Å². The molecular weight excluding hydrogens is 486 g/mol. The third-order valence-electron chi connectivity index (χ3n) is 3.23. The van der Waals surface area contributed by atoms with Crippen molar-refractivity contribution in [2.75, 3.05) is 12.3 Å². The Balaban J connectivity index is 2.05. The zero-order chi connectivity index (χ0) is 22.2. The number of alkyl halides is 1. The summed E-state index contributed by atoms with van der Waals surface area (Å²) >= 11 is 4.92. The van der Waals surface area contributed by atoms with Gasteiger partial charge in [-0.15, -0.1) is 0 Å². The zero-order valence-corrected chi connectivity index (χ0v) is 17.4. The molecule has 15 nitrogen and oxygen atoms in total. The van der Waals surface area contributed by atoms with E-state index in [4.69, 9.17) is 37.4 Å². The molecule has 166 valence electrons. The highest BCUT2D eigenvalue weighted by molar-refractivity contribution is 7.71. The van der Waals surface area contributed by atoms with Crippen LogP contribution in [0.1, 0.15) is 6.23 Å². The van der Waals surface area contributed by atoms with Gasteiger partial charge in [0.05, 0.1) is 6.61 Å². The molecule has 0 bridgehead atoms. The molecule has 1 aromatic heterocycles. The number of nitrogen functional groups attached to an aromatic ring is 1. The number of hydrogen-bond donors (Lipinski definition) is 6. The fourth-order valence-electron chi connectivity index (χ4n) is 2.16. The molecule has 1 fully saturated rings. The predicted molar refractivity (Wildman–Crippen MR) is 92.1 cm³/mol. The van der Waals surface area contributed by atoms with Crippen molar-refractivity contribution in [2.45, 2.75) is 24.6 Å². The first-order valence-electron chi connectivity index (χ1n) is 7.21. The standard InChI is InChI=1S/C9H15FN3O12P3S/c10-6-4(3-22-27(18,19)25-28(20,21)24-26(15,16)17)23-8(7(6)14)13-2-1-5(11)12-9(13)29/h1-2,4,6-8,14H,3H2,(H,18,19)(H,20,21)(H2,11,12,29)(H2,15,16,17)/t4-,6+,7?,8-/m1/s1. The number of hydrogen-bond acceptors (Lipinski definition) is 11. The van der Waals surface area contributed by atoms with E-state index in [1.54, 1.807) is 0 Å². The van der Waals surface area contributed by atoms with Crippen molar-refractivity contribution in [2.24, 2.45) is 0 Å². The highest BCUT2D eigenvalue weighted by Gasteiger charge is 2.47. The number of phosphoric ester groups is 1. The second-order valence-corrected chi connectivity index (χ2v) is 10.2. The fourth-order valence-corrected chi connectivity index (χ4v) is 5.46. The molecule has 3 unspecified atom stereocenters. The number of halogens is 1. The molecule has 0 radical (unpaired) electrons. The number of rotatable bonds is 8. The van der Waals surface area contributed by atoms with Gasteiger partial charge in [0.25, 0.3) is 0 Å². The highest BCUT2D eigenvalue weighted by Crippen LogP contribution is 2.66. The van der Waals surface area contributed by atoms with Crippen molar-refractivity contribution in [1.82, 2.24) is 9.55 Å². The summed E-state index contributed by atoms with van der Waals surface area (Å²) in [6.07, 6.45) is -5.77. The lowest BCUT2D eigenvalue weighted by atomic mass is 10.1.